The lowest BCUT2D eigenvalue weighted by molar-refractivity contribution is -0.118. The van der Waals surface area contributed by atoms with Gasteiger partial charge in [0.1, 0.15) is 5.75 Å². The van der Waals surface area contributed by atoms with Crippen LogP contribution in [0.5, 0.6) is 5.75 Å². The second kappa shape index (κ2) is 7.91. The Hall–Kier alpha value is -1.40. The number of carbonyl (C=O) groups is 1. The van der Waals surface area contributed by atoms with Crippen molar-refractivity contribution in [1.29, 1.82) is 0 Å². The quantitative estimate of drug-likeness (QED) is 0.877. The number of ether oxygens (including phenoxy) is 1. The van der Waals surface area contributed by atoms with Crippen molar-refractivity contribution in [3.05, 3.63) is 24.3 Å². The summed E-state index contributed by atoms with van der Waals surface area (Å²) >= 11 is 0. The first-order valence-electron chi connectivity index (χ1n) is 5.51. The summed E-state index contributed by atoms with van der Waals surface area (Å²) in [5, 5.41) is 2.55. The smallest absolute Gasteiger partial charge is 0.387 e. The Balaban J connectivity index is 0.00000324. The van der Waals surface area contributed by atoms with Crippen LogP contribution in [0.4, 0.5) is 14.5 Å². The van der Waals surface area contributed by atoms with Crippen molar-refractivity contribution in [2.45, 2.75) is 26.5 Å². The lowest BCUT2D eigenvalue weighted by Crippen LogP contribution is -2.39. The van der Waals surface area contributed by atoms with Crippen LogP contribution in [0.3, 0.4) is 0 Å². The number of benzene rings is 1. The van der Waals surface area contributed by atoms with E-state index in [1.54, 1.807) is 6.07 Å². The predicted octanol–water partition coefficient (Wildman–Crippen LogP) is 2.63. The monoisotopic (exact) mass is 294 g/mol. The molecule has 0 aliphatic heterocycles. The second-order valence-electron chi connectivity index (χ2n) is 4.17. The van der Waals surface area contributed by atoms with E-state index in [4.69, 9.17) is 5.73 Å². The number of alkyl halides is 2. The van der Waals surface area contributed by atoms with Crippen molar-refractivity contribution in [3.63, 3.8) is 0 Å². The normalized spacial score (nSPS) is 11.9. The molecule has 1 aromatic carbocycles. The molecule has 1 rings (SSSR count). The molecule has 0 saturated heterocycles. The minimum atomic E-state index is -2.89. The van der Waals surface area contributed by atoms with Gasteiger partial charge in [0.05, 0.1) is 6.04 Å². The lowest BCUT2D eigenvalue weighted by Gasteiger charge is -2.15. The van der Waals surface area contributed by atoms with Crippen molar-refractivity contribution >= 4 is 24.0 Å². The van der Waals surface area contributed by atoms with E-state index in [-0.39, 0.29) is 30.0 Å². The van der Waals surface area contributed by atoms with Gasteiger partial charge in [0.15, 0.2) is 0 Å². The maximum absolute atomic E-state index is 12.0. The van der Waals surface area contributed by atoms with E-state index in [0.29, 0.717) is 5.69 Å². The molecule has 0 fully saturated rings. The molecule has 0 aliphatic rings. The van der Waals surface area contributed by atoms with E-state index >= 15 is 0 Å². The molecule has 1 amide bonds. The molecule has 0 spiro atoms. The SMILES string of the molecule is CC(C)[C@@H](N)C(=O)Nc1cccc(OC(F)F)c1.Cl. The van der Waals surface area contributed by atoms with E-state index in [0.717, 1.165) is 0 Å². The molecule has 0 bridgehead atoms. The average Bonchev–Trinajstić information content (AvgIpc) is 2.27. The van der Waals surface area contributed by atoms with E-state index in [2.05, 4.69) is 10.1 Å². The van der Waals surface area contributed by atoms with Crippen LogP contribution in [0.15, 0.2) is 24.3 Å². The zero-order chi connectivity index (χ0) is 13.7. The predicted molar refractivity (Wildman–Crippen MR) is 71.8 cm³/mol. The van der Waals surface area contributed by atoms with Gasteiger partial charge in [-0.25, -0.2) is 0 Å². The van der Waals surface area contributed by atoms with E-state index in [1.165, 1.54) is 18.2 Å². The molecule has 19 heavy (non-hydrogen) atoms. The summed E-state index contributed by atoms with van der Waals surface area (Å²) in [5.41, 5.74) is 6.03. The summed E-state index contributed by atoms with van der Waals surface area (Å²) in [6, 6.07) is 5.13. The summed E-state index contributed by atoms with van der Waals surface area (Å²) in [4.78, 5) is 11.7. The lowest BCUT2D eigenvalue weighted by atomic mass is 10.0. The zero-order valence-electron chi connectivity index (χ0n) is 10.6. The van der Waals surface area contributed by atoms with E-state index < -0.39 is 12.7 Å². The number of rotatable bonds is 5. The van der Waals surface area contributed by atoms with Crippen LogP contribution in [0, 0.1) is 5.92 Å². The fourth-order valence-electron chi connectivity index (χ4n) is 1.28. The highest BCUT2D eigenvalue weighted by molar-refractivity contribution is 5.94. The molecule has 0 aromatic heterocycles. The third-order valence-corrected chi connectivity index (χ3v) is 2.35. The first-order chi connectivity index (χ1) is 8.40. The Labute approximate surface area is 116 Å². The highest BCUT2D eigenvalue weighted by Crippen LogP contribution is 2.19. The Kier molecular flexibility index (Phi) is 7.33. The number of nitrogens with one attached hydrogen (secondary N) is 1. The molecule has 0 saturated carbocycles. The number of hydrogen-bond acceptors (Lipinski definition) is 3. The van der Waals surface area contributed by atoms with E-state index in [9.17, 15) is 13.6 Å². The molecule has 3 N–H and O–H groups in total. The highest BCUT2D eigenvalue weighted by Gasteiger charge is 2.17. The van der Waals surface area contributed by atoms with Crippen molar-refractivity contribution in [1.82, 2.24) is 0 Å². The van der Waals surface area contributed by atoms with Crippen molar-refractivity contribution in [3.8, 4) is 5.75 Å². The minimum absolute atomic E-state index is 0. The molecule has 1 atom stereocenters. The first-order valence-corrected chi connectivity index (χ1v) is 5.51. The summed E-state index contributed by atoms with van der Waals surface area (Å²) in [7, 11) is 0. The number of hydrogen-bond donors (Lipinski definition) is 2. The summed E-state index contributed by atoms with van der Waals surface area (Å²) in [6.45, 7) is 0.745. The highest BCUT2D eigenvalue weighted by atomic mass is 35.5. The molecular weight excluding hydrogens is 278 g/mol. The van der Waals surface area contributed by atoms with Gasteiger partial charge in [0.2, 0.25) is 5.91 Å². The van der Waals surface area contributed by atoms with Gasteiger partial charge in [-0.2, -0.15) is 8.78 Å². The van der Waals surface area contributed by atoms with Crippen LogP contribution >= 0.6 is 12.4 Å². The number of carbonyl (C=O) groups excluding carboxylic acids is 1. The first kappa shape index (κ1) is 17.6. The topological polar surface area (TPSA) is 64.4 Å². The molecule has 4 nitrogen and oxygen atoms in total. The van der Waals surface area contributed by atoms with Gasteiger partial charge in [-0.15, -0.1) is 12.4 Å². The van der Waals surface area contributed by atoms with Crippen LogP contribution < -0.4 is 15.8 Å². The zero-order valence-corrected chi connectivity index (χ0v) is 11.4. The van der Waals surface area contributed by atoms with Crippen LogP contribution in [-0.2, 0) is 4.79 Å². The largest absolute Gasteiger partial charge is 0.435 e. The Morgan fingerprint density at radius 1 is 1.37 bits per heavy atom. The van der Waals surface area contributed by atoms with Gasteiger partial charge in [0.25, 0.3) is 0 Å². The summed E-state index contributed by atoms with van der Waals surface area (Å²) < 4.78 is 28.3. The Bertz CT molecular complexity index is 416. The third kappa shape index (κ3) is 5.85. The number of anilines is 1. The molecule has 0 heterocycles. The molecule has 108 valence electrons. The maximum atomic E-state index is 12.0. The van der Waals surface area contributed by atoms with Crippen molar-refractivity contribution < 1.29 is 18.3 Å². The van der Waals surface area contributed by atoms with Gasteiger partial charge < -0.3 is 15.8 Å². The molecule has 7 heteroatoms. The standard InChI is InChI=1S/C12H16F2N2O2.ClH/c1-7(2)10(15)11(17)16-8-4-3-5-9(6-8)18-12(13)14;/h3-7,10,12H,15H2,1-2H3,(H,16,17);1H/t10-;/m1./s1. The number of halogens is 3. The molecule has 0 aliphatic carbocycles. The maximum Gasteiger partial charge on any atom is 0.387 e. The fourth-order valence-corrected chi connectivity index (χ4v) is 1.28. The summed E-state index contributed by atoms with van der Waals surface area (Å²) in [6.07, 6.45) is 0. The van der Waals surface area contributed by atoms with Crippen LogP contribution in [-0.4, -0.2) is 18.6 Å². The van der Waals surface area contributed by atoms with Gasteiger partial charge in [0, 0.05) is 11.8 Å². The summed E-state index contributed by atoms with van der Waals surface area (Å²) in [5.74, 6) is -0.384. The van der Waals surface area contributed by atoms with Crippen LogP contribution in [0.25, 0.3) is 0 Å². The Morgan fingerprint density at radius 3 is 2.53 bits per heavy atom. The number of amides is 1. The van der Waals surface area contributed by atoms with Crippen LogP contribution in [0.1, 0.15) is 13.8 Å². The second-order valence-corrected chi connectivity index (χ2v) is 4.17. The van der Waals surface area contributed by atoms with Crippen LogP contribution in [0.2, 0.25) is 0 Å². The molecule has 0 unspecified atom stereocenters. The van der Waals surface area contributed by atoms with Gasteiger partial charge in [-0.3, -0.25) is 4.79 Å². The average molecular weight is 295 g/mol. The van der Waals surface area contributed by atoms with E-state index in [1.807, 2.05) is 13.8 Å². The number of nitrogens with two attached hydrogens (primary N) is 1. The Morgan fingerprint density at radius 2 is 2.00 bits per heavy atom. The molecule has 1 aromatic rings. The van der Waals surface area contributed by atoms with Gasteiger partial charge in [-0.05, 0) is 18.1 Å². The van der Waals surface area contributed by atoms with Crippen molar-refractivity contribution in [2.24, 2.45) is 11.7 Å². The third-order valence-electron chi connectivity index (χ3n) is 2.35. The van der Waals surface area contributed by atoms with Gasteiger partial charge in [-0.1, -0.05) is 19.9 Å². The molecule has 0 radical (unpaired) electrons. The fraction of sp³-hybridized carbons (Fsp3) is 0.417. The molecular formula is C12H17ClF2N2O2. The van der Waals surface area contributed by atoms with Gasteiger partial charge >= 0.3 is 6.61 Å². The minimum Gasteiger partial charge on any atom is -0.435 e. The van der Waals surface area contributed by atoms with Crippen molar-refractivity contribution in [2.75, 3.05) is 5.32 Å².